The predicted octanol–water partition coefficient (Wildman–Crippen LogP) is 3.00. The Bertz CT molecular complexity index is 536. The number of hydrogen-bond acceptors (Lipinski definition) is 3. The van der Waals surface area contributed by atoms with E-state index in [1.165, 1.54) is 23.5 Å². The summed E-state index contributed by atoms with van der Waals surface area (Å²) in [5.74, 6) is -0.129. The van der Waals surface area contributed by atoms with Crippen LogP contribution in [0.4, 0.5) is 4.39 Å². The van der Waals surface area contributed by atoms with Crippen LogP contribution in [0, 0.1) is 5.82 Å². The lowest BCUT2D eigenvalue weighted by Crippen LogP contribution is -1.97. The second kappa shape index (κ2) is 5.19. The third kappa shape index (κ3) is 3.46. The van der Waals surface area contributed by atoms with Crippen LogP contribution < -0.4 is 0 Å². The second-order valence-corrected chi connectivity index (χ2v) is 4.86. The van der Waals surface area contributed by atoms with Gasteiger partial charge in [0.25, 0.3) is 0 Å². The summed E-state index contributed by atoms with van der Waals surface area (Å²) in [7, 11) is 0. The molecular weight excluding hydrogens is 237 g/mol. The molecular formula is C13H12FNOS. The Kier molecular flexibility index (Phi) is 3.64. The molecule has 4 heteroatoms. The zero-order valence-electron chi connectivity index (χ0n) is 9.44. The zero-order chi connectivity index (χ0) is 12.3. The third-order valence-electron chi connectivity index (χ3n) is 2.27. The first-order chi connectivity index (χ1) is 8.13. The van der Waals surface area contributed by atoms with Crippen molar-refractivity contribution in [1.29, 1.82) is 0 Å². The fourth-order valence-corrected chi connectivity index (χ4v) is 2.42. The molecule has 0 radical (unpaired) electrons. The first-order valence-electron chi connectivity index (χ1n) is 5.30. The molecule has 0 aliphatic rings. The van der Waals surface area contributed by atoms with Crippen molar-refractivity contribution in [3.05, 3.63) is 51.7 Å². The van der Waals surface area contributed by atoms with Gasteiger partial charge in [0, 0.05) is 18.2 Å². The van der Waals surface area contributed by atoms with E-state index in [2.05, 4.69) is 4.98 Å². The summed E-state index contributed by atoms with van der Waals surface area (Å²) >= 11 is 1.51. The van der Waals surface area contributed by atoms with Gasteiger partial charge in [-0.3, -0.25) is 4.79 Å². The molecule has 0 aliphatic heterocycles. The lowest BCUT2D eigenvalue weighted by Gasteiger charge is -1.97. The van der Waals surface area contributed by atoms with Crippen molar-refractivity contribution in [1.82, 2.24) is 4.98 Å². The van der Waals surface area contributed by atoms with Crippen LogP contribution in [0.2, 0.25) is 0 Å². The molecule has 0 saturated carbocycles. The minimum atomic E-state index is -0.233. The van der Waals surface area contributed by atoms with E-state index in [9.17, 15) is 9.18 Å². The molecule has 0 atom stereocenters. The highest BCUT2D eigenvalue weighted by Crippen LogP contribution is 2.16. The first-order valence-corrected chi connectivity index (χ1v) is 6.18. The third-order valence-corrected chi connectivity index (χ3v) is 3.17. The monoisotopic (exact) mass is 249 g/mol. The number of benzene rings is 1. The summed E-state index contributed by atoms with van der Waals surface area (Å²) < 4.78 is 13.0. The van der Waals surface area contributed by atoms with Gasteiger partial charge in [0.05, 0.1) is 10.7 Å². The molecule has 1 aromatic heterocycles. The van der Waals surface area contributed by atoms with Crippen molar-refractivity contribution in [3.8, 4) is 0 Å². The Morgan fingerprint density at radius 2 is 2.29 bits per heavy atom. The van der Waals surface area contributed by atoms with E-state index < -0.39 is 0 Å². The largest absolute Gasteiger partial charge is 0.300 e. The predicted molar refractivity (Wildman–Crippen MR) is 65.7 cm³/mol. The number of ketones is 1. The molecule has 0 spiro atoms. The van der Waals surface area contributed by atoms with Crippen LogP contribution in [0.3, 0.4) is 0 Å². The molecule has 0 saturated heterocycles. The van der Waals surface area contributed by atoms with E-state index in [1.807, 2.05) is 11.4 Å². The normalized spacial score (nSPS) is 10.5. The average molecular weight is 249 g/mol. The molecule has 1 aromatic carbocycles. The van der Waals surface area contributed by atoms with Crippen LogP contribution in [0.15, 0.2) is 29.6 Å². The van der Waals surface area contributed by atoms with Gasteiger partial charge in [-0.2, -0.15) is 0 Å². The number of halogens is 1. The summed E-state index contributed by atoms with van der Waals surface area (Å²) in [6.07, 6.45) is 0.986. The fraction of sp³-hybridized carbons (Fsp3) is 0.231. The summed E-state index contributed by atoms with van der Waals surface area (Å²) in [4.78, 5) is 15.3. The highest BCUT2D eigenvalue weighted by atomic mass is 32.1. The van der Waals surface area contributed by atoms with Gasteiger partial charge < -0.3 is 0 Å². The van der Waals surface area contributed by atoms with E-state index in [1.54, 1.807) is 13.0 Å². The Morgan fingerprint density at radius 3 is 3.00 bits per heavy atom. The number of nitrogens with zero attached hydrogens (tertiary/aromatic N) is 1. The maximum Gasteiger partial charge on any atom is 0.135 e. The quantitative estimate of drug-likeness (QED) is 0.833. The zero-order valence-corrected chi connectivity index (χ0v) is 10.3. The molecule has 17 heavy (non-hydrogen) atoms. The van der Waals surface area contributed by atoms with E-state index in [0.29, 0.717) is 12.8 Å². The van der Waals surface area contributed by atoms with E-state index in [-0.39, 0.29) is 11.6 Å². The van der Waals surface area contributed by atoms with Crippen LogP contribution in [-0.4, -0.2) is 10.8 Å². The van der Waals surface area contributed by atoms with Crippen LogP contribution in [0.5, 0.6) is 0 Å². The number of carbonyl (C=O) groups excluding carboxylic acids is 1. The number of hydrogen-bond donors (Lipinski definition) is 0. The molecule has 1 heterocycles. The first kappa shape index (κ1) is 11.9. The van der Waals surface area contributed by atoms with Gasteiger partial charge in [0.15, 0.2) is 0 Å². The number of Topliss-reactive ketones (excluding diaryl/α,β-unsaturated/α-hetero) is 1. The summed E-state index contributed by atoms with van der Waals surface area (Å²) in [5.41, 5.74) is 1.70. The SMILES string of the molecule is CC(=O)Cc1csc(Cc2cccc(F)c2)n1. The molecule has 2 nitrogen and oxygen atoms in total. The average Bonchev–Trinajstić information content (AvgIpc) is 2.64. The van der Waals surface area contributed by atoms with Crippen molar-refractivity contribution >= 4 is 17.1 Å². The molecule has 88 valence electrons. The Morgan fingerprint density at radius 1 is 1.47 bits per heavy atom. The Labute approximate surface area is 103 Å². The Hall–Kier alpha value is -1.55. The Balaban J connectivity index is 2.08. The van der Waals surface area contributed by atoms with Crippen LogP contribution in [-0.2, 0) is 17.6 Å². The van der Waals surface area contributed by atoms with Gasteiger partial charge in [-0.05, 0) is 24.6 Å². The van der Waals surface area contributed by atoms with Crippen molar-refractivity contribution in [2.24, 2.45) is 0 Å². The van der Waals surface area contributed by atoms with E-state index in [0.717, 1.165) is 16.3 Å². The molecule has 0 N–H and O–H groups in total. The molecule has 2 aromatic rings. The standard InChI is InChI=1S/C13H12FNOS/c1-9(16)5-12-8-17-13(15-12)7-10-3-2-4-11(14)6-10/h2-4,6,8H,5,7H2,1H3. The van der Waals surface area contributed by atoms with Gasteiger partial charge in [0.2, 0.25) is 0 Å². The highest BCUT2D eigenvalue weighted by molar-refractivity contribution is 7.09. The lowest BCUT2D eigenvalue weighted by molar-refractivity contribution is -0.116. The topological polar surface area (TPSA) is 30.0 Å². The van der Waals surface area contributed by atoms with Crippen LogP contribution >= 0.6 is 11.3 Å². The van der Waals surface area contributed by atoms with Crippen molar-refractivity contribution in [3.63, 3.8) is 0 Å². The van der Waals surface area contributed by atoms with Gasteiger partial charge in [0.1, 0.15) is 11.6 Å². The molecule has 0 amide bonds. The van der Waals surface area contributed by atoms with E-state index in [4.69, 9.17) is 0 Å². The van der Waals surface area contributed by atoms with Gasteiger partial charge in [-0.15, -0.1) is 11.3 Å². The number of carbonyl (C=O) groups is 1. The summed E-state index contributed by atoms with van der Waals surface area (Å²) in [6, 6.07) is 6.49. The minimum Gasteiger partial charge on any atom is -0.300 e. The van der Waals surface area contributed by atoms with Crippen molar-refractivity contribution in [2.75, 3.05) is 0 Å². The van der Waals surface area contributed by atoms with E-state index >= 15 is 0 Å². The van der Waals surface area contributed by atoms with Crippen LogP contribution in [0.1, 0.15) is 23.2 Å². The molecule has 0 aliphatic carbocycles. The van der Waals surface area contributed by atoms with Gasteiger partial charge >= 0.3 is 0 Å². The lowest BCUT2D eigenvalue weighted by atomic mass is 10.1. The maximum atomic E-state index is 13.0. The molecule has 0 unspecified atom stereocenters. The molecule has 2 rings (SSSR count). The fourth-order valence-electron chi connectivity index (χ4n) is 1.59. The number of rotatable bonds is 4. The molecule has 0 fully saturated rings. The second-order valence-electron chi connectivity index (χ2n) is 3.92. The number of aromatic nitrogens is 1. The summed E-state index contributed by atoms with van der Waals surface area (Å²) in [5, 5.41) is 2.79. The van der Waals surface area contributed by atoms with Gasteiger partial charge in [-0.1, -0.05) is 12.1 Å². The minimum absolute atomic E-state index is 0.104. The van der Waals surface area contributed by atoms with Crippen molar-refractivity contribution in [2.45, 2.75) is 19.8 Å². The van der Waals surface area contributed by atoms with Gasteiger partial charge in [-0.25, -0.2) is 9.37 Å². The van der Waals surface area contributed by atoms with Crippen molar-refractivity contribution < 1.29 is 9.18 Å². The smallest absolute Gasteiger partial charge is 0.135 e. The van der Waals surface area contributed by atoms with Crippen LogP contribution in [0.25, 0.3) is 0 Å². The number of thiazole rings is 1. The summed E-state index contributed by atoms with van der Waals surface area (Å²) in [6.45, 7) is 1.55. The maximum absolute atomic E-state index is 13.0. The molecule has 0 bridgehead atoms. The highest BCUT2D eigenvalue weighted by Gasteiger charge is 2.05.